The molecule has 0 saturated heterocycles. The summed E-state index contributed by atoms with van der Waals surface area (Å²) < 4.78 is 12.8. The Morgan fingerprint density at radius 3 is 2.00 bits per heavy atom. The Balaban J connectivity index is 1.44. The molecule has 2 atom stereocenters. The summed E-state index contributed by atoms with van der Waals surface area (Å²) in [6.45, 7) is 7.49. The second-order valence-corrected chi connectivity index (χ2v) is 11.7. The minimum Gasteiger partial charge on any atom is -0.490 e. The van der Waals surface area contributed by atoms with E-state index in [1.165, 1.54) is 27.9 Å². The fourth-order valence-electron chi connectivity index (χ4n) is 6.33. The molecule has 4 nitrogen and oxygen atoms in total. The number of nitrogens with zero attached hydrogens (tertiary/aromatic N) is 2. The molecule has 4 aromatic rings. The van der Waals surface area contributed by atoms with Crippen molar-refractivity contribution in [3.63, 3.8) is 0 Å². The molecule has 0 saturated carbocycles. The SMILES string of the molecule is CCCOc1c(Br)cc(C=Nc2cc3c4c(c2)[C@H](c2ccccc2)CCN4CC[C@@H]3c2ccccc2)cc1OCC. The lowest BCUT2D eigenvalue weighted by Crippen LogP contribution is -2.37. The smallest absolute Gasteiger partial charge is 0.175 e. The van der Waals surface area contributed by atoms with Crippen LogP contribution in [0.1, 0.15) is 72.8 Å². The van der Waals surface area contributed by atoms with Crippen molar-refractivity contribution in [3.05, 3.63) is 117 Å². The van der Waals surface area contributed by atoms with Crippen LogP contribution >= 0.6 is 15.9 Å². The van der Waals surface area contributed by atoms with Crippen LogP contribution in [0.2, 0.25) is 0 Å². The van der Waals surface area contributed by atoms with Crippen LogP contribution in [0.15, 0.2) is 94.4 Å². The highest BCUT2D eigenvalue weighted by Crippen LogP contribution is 2.50. The van der Waals surface area contributed by atoms with Crippen molar-refractivity contribution in [2.75, 3.05) is 31.2 Å². The van der Waals surface area contributed by atoms with Gasteiger partial charge in [0.15, 0.2) is 11.5 Å². The Labute approximate surface area is 252 Å². The average molecular weight is 610 g/mol. The zero-order chi connectivity index (χ0) is 28.2. The summed E-state index contributed by atoms with van der Waals surface area (Å²) in [5.41, 5.74) is 8.93. The quantitative estimate of drug-likeness (QED) is 0.178. The molecular formula is C36H37BrN2O2. The molecule has 0 unspecified atom stereocenters. The van der Waals surface area contributed by atoms with Gasteiger partial charge in [-0.05, 0) is 94.2 Å². The number of halogens is 1. The first kappa shape index (κ1) is 27.6. The zero-order valence-corrected chi connectivity index (χ0v) is 25.4. The normalized spacial score (nSPS) is 17.9. The molecule has 41 heavy (non-hydrogen) atoms. The molecule has 0 bridgehead atoms. The summed E-state index contributed by atoms with van der Waals surface area (Å²) in [5.74, 6) is 2.21. The predicted octanol–water partition coefficient (Wildman–Crippen LogP) is 9.26. The number of benzene rings is 4. The molecule has 0 aliphatic carbocycles. The number of hydrogen-bond acceptors (Lipinski definition) is 4. The molecule has 0 N–H and O–H groups in total. The molecule has 0 aromatic heterocycles. The van der Waals surface area contributed by atoms with E-state index in [1.54, 1.807) is 0 Å². The van der Waals surface area contributed by atoms with Gasteiger partial charge in [0.25, 0.3) is 0 Å². The van der Waals surface area contributed by atoms with Crippen LogP contribution in [0.25, 0.3) is 0 Å². The van der Waals surface area contributed by atoms with Gasteiger partial charge in [0.1, 0.15) is 0 Å². The maximum atomic E-state index is 5.98. The van der Waals surface area contributed by atoms with Gasteiger partial charge in [-0.1, -0.05) is 67.6 Å². The van der Waals surface area contributed by atoms with Crippen LogP contribution in [0.3, 0.4) is 0 Å². The van der Waals surface area contributed by atoms with Crippen LogP contribution in [0.5, 0.6) is 11.5 Å². The molecule has 0 fully saturated rings. The fraction of sp³-hybridized carbons (Fsp3) is 0.306. The average Bonchev–Trinajstić information content (AvgIpc) is 3.01. The minimum absolute atomic E-state index is 0.361. The van der Waals surface area contributed by atoms with Crippen molar-refractivity contribution in [3.8, 4) is 11.5 Å². The van der Waals surface area contributed by atoms with Gasteiger partial charge >= 0.3 is 0 Å². The van der Waals surface area contributed by atoms with Gasteiger partial charge in [-0.2, -0.15) is 0 Å². The number of ether oxygens (including phenoxy) is 2. The van der Waals surface area contributed by atoms with Crippen molar-refractivity contribution in [1.29, 1.82) is 0 Å². The molecular weight excluding hydrogens is 572 g/mol. The van der Waals surface area contributed by atoms with E-state index in [1.807, 2.05) is 19.2 Å². The first-order chi connectivity index (χ1) is 20.2. The monoisotopic (exact) mass is 608 g/mol. The highest BCUT2D eigenvalue weighted by atomic mass is 79.9. The summed E-state index contributed by atoms with van der Waals surface area (Å²) in [6.07, 6.45) is 5.12. The lowest BCUT2D eigenvalue weighted by atomic mass is 9.76. The molecule has 2 aliphatic rings. The highest BCUT2D eigenvalue weighted by molar-refractivity contribution is 9.10. The van der Waals surface area contributed by atoms with Crippen molar-refractivity contribution < 1.29 is 9.47 Å². The minimum atomic E-state index is 0.361. The van der Waals surface area contributed by atoms with Gasteiger partial charge < -0.3 is 14.4 Å². The number of hydrogen-bond donors (Lipinski definition) is 0. The molecule has 2 heterocycles. The van der Waals surface area contributed by atoms with Crippen LogP contribution in [0.4, 0.5) is 11.4 Å². The Morgan fingerprint density at radius 1 is 0.829 bits per heavy atom. The molecule has 210 valence electrons. The maximum absolute atomic E-state index is 5.98. The second kappa shape index (κ2) is 12.5. The number of rotatable bonds is 9. The summed E-state index contributed by atoms with van der Waals surface area (Å²) >= 11 is 3.71. The first-order valence-electron chi connectivity index (χ1n) is 14.8. The van der Waals surface area contributed by atoms with E-state index in [0.29, 0.717) is 25.0 Å². The van der Waals surface area contributed by atoms with E-state index in [2.05, 4.69) is 107 Å². The van der Waals surface area contributed by atoms with Crippen LogP contribution < -0.4 is 14.4 Å². The largest absolute Gasteiger partial charge is 0.490 e. The van der Waals surface area contributed by atoms with Crippen LogP contribution in [-0.4, -0.2) is 32.5 Å². The molecule has 6 rings (SSSR count). The molecule has 0 spiro atoms. The number of anilines is 1. The van der Waals surface area contributed by atoms with Gasteiger partial charge in [0.2, 0.25) is 0 Å². The van der Waals surface area contributed by atoms with E-state index in [4.69, 9.17) is 14.5 Å². The van der Waals surface area contributed by atoms with Gasteiger partial charge in [-0.15, -0.1) is 0 Å². The molecule has 0 radical (unpaired) electrons. The second-order valence-electron chi connectivity index (χ2n) is 10.8. The van der Waals surface area contributed by atoms with Gasteiger partial charge in [0, 0.05) is 36.8 Å². The lowest BCUT2D eigenvalue weighted by molar-refractivity contribution is 0.275. The summed E-state index contributed by atoms with van der Waals surface area (Å²) in [7, 11) is 0. The summed E-state index contributed by atoms with van der Waals surface area (Å²) in [6, 6.07) is 30.7. The first-order valence-corrected chi connectivity index (χ1v) is 15.6. The van der Waals surface area contributed by atoms with E-state index in [0.717, 1.165) is 59.6 Å². The number of aliphatic imine (C=N–C) groups is 1. The molecule has 4 aromatic carbocycles. The fourth-order valence-corrected chi connectivity index (χ4v) is 6.91. The molecule has 5 heteroatoms. The zero-order valence-electron chi connectivity index (χ0n) is 23.9. The van der Waals surface area contributed by atoms with E-state index in [9.17, 15) is 0 Å². The van der Waals surface area contributed by atoms with Crippen molar-refractivity contribution >= 4 is 33.5 Å². The lowest BCUT2D eigenvalue weighted by Gasteiger charge is -2.43. The van der Waals surface area contributed by atoms with Gasteiger partial charge in [-0.25, -0.2) is 0 Å². The predicted molar refractivity (Wildman–Crippen MR) is 173 cm³/mol. The van der Waals surface area contributed by atoms with Crippen molar-refractivity contribution in [2.24, 2.45) is 4.99 Å². The maximum Gasteiger partial charge on any atom is 0.175 e. The Kier molecular flexibility index (Phi) is 8.43. The van der Waals surface area contributed by atoms with E-state index in [-0.39, 0.29) is 0 Å². The van der Waals surface area contributed by atoms with Crippen LogP contribution in [-0.2, 0) is 0 Å². The summed E-state index contributed by atoms with van der Waals surface area (Å²) in [5, 5.41) is 0. The Morgan fingerprint density at radius 2 is 1.44 bits per heavy atom. The Hall–Kier alpha value is -3.57. The highest BCUT2D eigenvalue weighted by Gasteiger charge is 2.35. The molecule has 0 amide bonds. The van der Waals surface area contributed by atoms with Crippen molar-refractivity contribution in [1.82, 2.24) is 0 Å². The van der Waals surface area contributed by atoms with E-state index < -0.39 is 0 Å². The Bertz CT molecular complexity index is 1450. The third kappa shape index (κ3) is 5.78. The summed E-state index contributed by atoms with van der Waals surface area (Å²) in [4.78, 5) is 7.68. The molecule has 2 aliphatic heterocycles. The third-order valence-corrected chi connectivity index (χ3v) is 8.73. The van der Waals surface area contributed by atoms with E-state index >= 15 is 0 Å². The van der Waals surface area contributed by atoms with Crippen LogP contribution in [0, 0.1) is 0 Å². The standard InChI is InChI=1S/C36H37BrN2O2/c1-3-19-41-36-33(37)20-25(21-34(36)40-4-2)24-38-28-22-31-29(26-11-7-5-8-12-26)15-17-39-18-16-30(32(23-28)35(31)39)27-13-9-6-10-14-27/h5-14,20-24,29-30H,3-4,15-19H2,1-2H3/t29-,30+. The topological polar surface area (TPSA) is 34.1 Å². The van der Waals surface area contributed by atoms with Gasteiger partial charge in [-0.3, -0.25) is 4.99 Å². The third-order valence-electron chi connectivity index (χ3n) is 8.14. The van der Waals surface area contributed by atoms with Gasteiger partial charge in [0.05, 0.1) is 23.4 Å². The van der Waals surface area contributed by atoms with Crippen molar-refractivity contribution in [2.45, 2.75) is 44.9 Å².